The zero-order valence-electron chi connectivity index (χ0n) is 9.66. The van der Waals surface area contributed by atoms with Crippen molar-refractivity contribution in [2.75, 3.05) is 18.0 Å². The van der Waals surface area contributed by atoms with Gasteiger partial charge in [0.2, 0.25) is 6.08 Å². The molecule has 2 rings (SSSR count). The van der Waals surface area contributed by atoms with Gasteiger partial charge in [-0.25, -0.2) is 14.2 Å². The van der Waals surface area contributed by atoms with E-state index in [1.807, 2.05) is 6.07 Å². The number of benzene rings is 1. The van der Waals surface area contributed by atoms with Gasteiger partial charge in [-0.05, 0) is 37.0 Å². The van der Waals surface area contributed by atoms with Gasteiger partial charge in [-0.3, -0.25) is 0 Å². The number of aliphatic imine (C=N–C) groups is 1. The second-order valence-electron chi connectivity index (χ2n) is 4.24. The normalized spacial score (nSPS) is 15.5. The molecule has 17 heavy (non-hydrogen) atoms. The molecule has 1 aromatic rings. The summed E-state index contributed by atoms with van der Waals surface area (Å²) in [5.74, 6) is -0.231. The first kappa shape index (κ1) is 11.8. The van der Waals surface area contributed by atoms with Gasteiger partial charge < -0.3 is 4.90 Å². The predicted molar refractivity (Wildman–Crippen MR) is 64.3 cm³/mol. The van der Waals surface area contributed by atoms with Gasteiger partial charge in [-0.1, -0.05) is 6.07 Å². The van der Waals surface area contributed by atoms with E-state index in [4.69, 9.17) is 0 Å². The van der Waals surface area contributed by atoms with Crippen LogP contribution in [0.3, 0.4) is 0 Å². The molecule has 3 nitrogen and oxygen atoms in total. The van der Waals surface area contributed by atoms with Crippen molar-refractivity contribution < 1.29 is 9.18 Å². The van der Waals surface area contributed by atoms with Crippen molar-refractivity contribution in [2.24, 2.45) is 4.99 Å². The molecule has 0 amide bonds. The standard InChI is InChI=1S/C13H15FN2O/c14-12-8-11(9-15-10-17)4-5-13(12)16-6-2-1-3-7-16/h4-5,8H,1-3,6-7,9H2. The molecule has 1 fully saturated rings. The minimum Gasteiger partial charge on any atom is -0.369 e. The molecule has 0 saturated carbocycles. The lowest BCUT2D eigenvalue weighted by atomic mass is 10.1. The number of hydrogen-bond acceptors (Lipinski definition) is 3. The molecule has 1 aromatic carbocycles. The average molecular weight is 234 g/mol. The molecular weight excluding hydrogens is 219 g/mol. The minimum absolute atomic E-state index is 0.195. The Morgan fingerprint density at radius 3 is 2.71 bits per heavy atom. The number of hydrogen-bond donors (Lipinski definition) is 0. The van der Waals surface area contributed by atoms with Crippen molar-refractivity contribution in [3.63, 3.8) is 0 Å². The summed E-state index contributed by atoms with van der Waals surface area (Å²) < 4.78 is 13.9. The number of isocyanates is 1. The second-order valence-corrected chi connectivity index (χ2v) is 4.24. The van der Waals surface area contributed by atoms with Crippen LogP contribution in [0.25, 0.3) is 0 Å². The first-order valence-corrected chi connectivity index (χ1v) is 5.88. The third-order valence-corrected chi connectivity index (χ3v) is 3.04. The van der Waals surface area contributed by atoms with Gasteiger partial charge in [0.15, 0.2) is 0 Å². The Hall–Kier alpha value is -1.67. The third-order valence-electron chi connectivity index (χ3n) is 3.04. The summed E-state index contributed by atoms with van der Waals surface area (Å²) in [6, 6.07) is 5.04. The maximum atomic E-state index is 13.9. The smallest absolute Gasteiger partial charge is 0.235 e. The fourth-order valence-electron chi connectivity index (χ4n) is 2.16. The fourth-order valence-corrected chi connectivity index (χ4v) is 2.16. The van der Waals surface area contributed by atoms with Crippen molar-refractivity contribution in [1.82, 2.24) is 0 Å². The Balaban J connectivity index is 2.15. The van der Waals surface area contributed by atoms with Crippen LogP contribution >= 0.6 is 0 Å². The van der Waals surface area contributed by atoms with Crippen LogP contribution in [-0.2, 0) is 11.3 Å². The molecule has 0 N–H and O–H groups in total. The molecule has 1 aliphatic rings. The van der Waals surface area contributed by atoms with Crippen LogP contribution < -0.4 is 4.90 Å². The summed E-state index contributed by atoms with van der Waals surface area (Å²) in [6.07, 6.45) is 4.93. The largest absolute Gasteiger partial charge is 0.369 e. The molecule has 0 unspecified atom stereocenters. The number of rotatable bonds is 3. The Bertz CT molecular complexity index is 435. The van der Waals surface area contributed by atoms with Crippen LogP contribution in [0.2, 0.25) is 0 Å². The summed E-state index contributed by atoms with van der Waals surface area (Å²) in [5, 5.41) is 0. The topological polar surface area (TPSA) is 32.7 Å². The van der Waals surface area contributed by atoms with Crippen molar-refractivity contribution in [3.05, 3.63) is 29.6 Å². The molecule has 1 heterocycles. The second kappa shape index (κ2) is 5.60. The summed E-state index contributed by atoms with van der Waals surface area (Å²) in [5.41, 5.74) is 1.36. The molecule has 0 bridgehead atoms. The van der Waals surface area contributed by atoms with Crippen LogP contribution in [0.4, 0.5) is 10.1 Å². The van der Waals surface area contributed by atoms with E-state index in [0.29, 0.717) is 11.3 Å². The zero-order valence-corrected chi connectivity index (χ0v) is 9.66. The van der Waals surface area contributed by atoms with Crippen LogP contribution in [0.1, 0.15) is 24.8 Å². The van der Waals surface area contributed by atoms with E-state index in [9.17, 15) is 9.18 Å². The van der Waals surface area contributed by atoms with Crippen LogP contribution in [-0.4, -0.2) is 19.2 Å². The number of anilines is 1. The summed E-state index contributed by atoms with van der Waals surface area (Å²) in [6.45, 7) is 2.03. The van der Waals surface area contributed by atoms with Gasteiger partial charge in [0.25, 0.3) is 0 Å². The van der Waals surface area contributed by atoms with Crippen molar-refractivity contribution in [2.45, 2.75) is 25.8 Å². The molecule has 0 atom stereocenters. The molecule has 90 valence electrons. The van der Waals surface area contributed by atoms with Crippen molar-refractivity contribution >= 4 is 11.8 Å². The minimum atomic E-state index is -0.231. The van der Waals surface area contributed by atoms with E-state index in [2.05, 4.69) is 9.89 Å². The highest BCUT2D eigenvalue weighted by Crippen LogP contribution is 2.24. The van der Waals surface area contributed by atoms with Gasteiger partial charge in [0.05, 0.1) is 12.2 Å². The van der Waals surface area contributed by atoms with E-state index >= 15 is 0 Å². The lowest BCUT2D eigenvalue weighted by Gasteiger charge is -2.29. The van der Waals surface area contributed by atoms with Crippen LogP contribution in [0.15, 0.2) is 23.2 Å². The lowest BCUT2D eigenvalue weighted by Crippen LogP contribution is -2.30. The highest BCUT2D eigenvalue weighted by atomic mass is 19.1. The number of halogens is 1. The third kappa shape index (κ3) is 2.92. The molecule has 1 saturated heterocycles. The molecule has 1 aliphatic heterocycles. The van der Waals surface area contributed by atoms with Gasteiger partial charge in [0.1, 0.15) is 5.82 Å². The van der Waals surface area contributed by atoms with E-state index < -0.39 is 0 Å². The van der Waals surface area contributed by atoms with E-state index in [0.717, 1.165) is 25.9 Å². The van der Waals surface area contributed by atoms with Crippen molar-refractivity contribution in [1.29, 1.82) is 0 Å². The lowest BCUT2D eigenvalue weighted by molar-refractivity contribution is 0.556. The quantitative estimate of drug-likeness (QED) is 0.595. The maximum Gasteiger partial charge on any atom is 0.235 e. The first-order chi connectivity index (χ1) is 8.31. The Labute approximate surface area is 100.0 Å². The summed E-state index contributed by atoms with van der Waals surface area (Å²) in [7, 11) is 0. The van der Waals surface area contributed by atoms with Crippen molar-refractivity contribution in [3.8, 4) is 0 Å². The highest BCUT2D eigenvalue weighted by molar-refractivity contribution is 5.49. The Kier molecular flexibility index (Phi) is 3.89. The van der Waals surface area contributed by atoms with E-state index in [1.54, 1.807) is 6.07 Å². The summed E-state index contributed by atoms with van der Waals surface area (Å²) in [4.78, 5) is 15.5. The monoisotopic (exact) mass is 234 g/mol. The Morgan fingerprint density at radius 2 is 2.06 bits per heavy atom. The Morgan fingerprint density at radius 1 is 1.29 bits per heavy atom. The van der Waals surface area contributed by atoms with E-state index in [1.165, 1.54) is 18.6 Å². The molecule has 4 heteroatoms. The van der Waals surface area contributed by atoms with Crippen LogP contribution in [0, 0.1) is 5.82 Å². The predicted octanol–water partition coefficient (Wildman–Crippen LogP) is 2.65. The zero-order chi connectivity index (χ0) is 12.1. The van der Waals surface area contributed by atoms with Crippen LogP contribution in [0.5, 0.6) is 0 Å². The molecule has 0 radical (unpaired) electrons. The van der Waals surface area contributed by atoms with Gasteiger partial charge in [-0.2, -0.15) is 0 Å². The molecular formula is C13H15FN2O. The van der Waals surface area contributed by atoms with Gasteiger partial charge >= 0.3 is 0 Å². The van der Waals surface area contributed by atoms with Gasteiger partial charge in [-0.15, -0.1) is 0 Å². The molecule has 0 aliphatic carbocycles. The molecule has 0 spiro atoms. The number of nitrogens with zero attached hydrogens (tertiary/aromatic N) is 2. The SMILES string of the molecule is O=C=NCc1ccc(N2CCCCC2)c(F)c1. The fraction of sp³-hybridized carbons (Fsp3) is 0.462. The maximum absolute atomic E-state index is 13.9. The van der Waals surface area contributed by atoms with E-state index in [-0.39, 0.29) is 12.4 Å². The number of piperidine rings is 1. The first-order valence-electron chi connectivity index (χ1n) is 5.88. The molecule has 0 aromatic heterocycles. The summed E-state index contributed by atoms with van der Waals surface area (Å²) >= 11 is 0. The average Bonchev–Trinajstić information content (AvgIpc) is 2.37. The number of carbonyl (C=O) groups excluding carboxylic acids is 1. The highest BCUT2D eigenvalue weighted by Gasteiger charge is 2.14. The van der Waals surface area contributed by atoms with Gasteiger partial charge in [0, 0.05) is 13.1 Å².